The van der Waals surface area contributed by atoms with Gasteiger partial charge in [0.1, 0.15) is 23.3 Å². The molecule has 0 bridgehead atoms. The summed E-state index contributed by atoms with van der Waals surface area (Å²) in [6.45, 7) is 8.72. The van der Waals surface area contributed by atoms with Crippen LogP contribution in [0.2, 0.25) is 0 Å². The van der Waals surface area contributed by atoms with Gasteiger partial charge >= 0.3 is 0 Å². The van der Waals surface area contributed by atoms with E-state index in [9.17, 15) is 9.59 Å². The van der Waals surface area contributed by atoms with Crippen LogP contribution in [0.15, 0.2) is 55.8 Å². The van der Waals surface area contributed by atoms with Gasteiger partial charge in [-0.15, -0.1) is 0 Å². The summed E-state index contributed by atoms with van der Waals surface area (Å²) in [5, 5.41) is 0. The molecule has 5 rings (SSSR count). The highest BCUT2D eigenvalue weighted by Gasteiger charge is 2.36. The van der Waals surface area contributed by atoms with Gasteiger partial charge in [-0.1, -0.05) is 11.3 Å². The fourth-order valence-electron chi connectivity index (χ4n) is 5.46. The highest BCUT2D eigenvalue weighted by Crippen LogP contribution is 2.38. The number of amides is 1. The number of hydrogen-bond donors (Lipinski definition) is 0. The quantitative estimate of drug-likeness (QED) is 0.415. The number of methoxy groups -OCH3 is 2. The lowest BCUT2D eigenvalue weighted by Crippen LogP contribution is -2.43. The van der Waals surface area contributed by atoms with Crippen LogP contribution in [-0.4, -0.2) is 55.8 Å². The molecule has 0 aliphatic carbocycles. The Morgan fingerprint density at radius 1 is 1.12 bits per heavy atom. The molecule has 40 heavy (non-hydrogen) atoms. The van der Waals surface area contributed by atoms with Crippen LogP contribution in [0, 0.1) is 0 Å². The van der Waals surface area contributed by atoms with Crippen molar-refractivity contribution < 1.29 is 18.7 Å². The normalized spacial score (nSPS) is 17.5. The number of aromatic nitrogens is 1. The van der Waals surface area contributed by atoms with Crippen molar-refractivity contribution >= 4 is 29.2 Å². The number of carbonyl (C=O) groups is 1. The first-order valence-corrected chi connectivity index (χ1v) is 14.6. The van der Waals surface area contributed by atoms with Crippen molar-refractivity contribution in [3.8, 4) is 11.5 Å². The molecule has 1 saturated heterocycles. The second kappa shape index (κ2) is 11.8. The molecule has 2 aliphatic heterocycles. The predicted octanol–water partition coefficient (Wildman–Crippen LogP) is 3.70. The van der Waals surface area contributed by atoms with Crippen LogP contribution in [0.25, 0.3) is 6.08 Å². The maximum atomic E-state index is 14.1. The first-order valence-electron chi connectivity index (χ1n) is 13.8. The van der Waals surface area contributed by atoms with Crippen molar-refractivity contribution in [3.05, 3.63) is 72.6 Å². The van der Waals surface area contributed by atoms with E-state index in [2.05, 4.69) is 4.90 Å². The van der Waals surface area contributed by atoms with E-state index in [0.29, 0.717) is 56.5 Å². The first-order chi connectivity index (χ1) is 19.4. The van der Waals surface area contributed by atoms with Gasteiger partial charge in [0, 0.05) is 43.9 Å². The lowest BCUT2D eigenvalue weighted by Gasteiger charge is -2.30. The smallest absolute Gasteiger partial charge is 0.271 e. The van der Waals surface area contributed by atoms with Gasteiger partial charge < -0.3 is 23.7 Å². The number of carbonyl (C=O) groups excluding carboxylic acids is 1. The molecule has 0 unspecified atom stereocenters. The van der Waals surface area contributed by atoms with E-state index in [4.69, 9.17) is 18.9 Å². The van der Waals surface area contributed by atoms with Gasteiger partial charge in [-0.2, -0.15) is 0 Å². The minimum Gasteiger partial charge on any atom is -0.497 e. The van der Waals surface area contributed by atoms with Crippen molar-refractivity contribution in [2.24, 2.45) is 4.99 Å². The zero-order chi connectivity index (χ0) is 28.4. The SMILES string of the molecule is CCN(CC)C(=O)C1=C(C)N=c2s/c(=C/c3ccc(N4CCCCC4)o3)c(=O)n2[C@@H]1c1cc(OC)ccc1OC. The summed E-state index contributed by atoms with van der Waals surface area (Å²) in [5.74, 6) is 2.42. The van der Waals surface area contributed by atoms with Gasteiger partial charge in [0.2, 0.25) is 0 Å². The second-order valence-electron chi connectivity index (χ2n) is 9.89. The van der Waals surface area contributed by atoms with Crippen LogP contribution in [0.1, 0.15) is 57.4 Å². The fourth-order valence-corrected chi connectivity index (χ4v) is 6.48. The van der Waals surface area contributed by atoms with Crippen molar-refractivity contribution in [1.29, 1.82) is 0 Å². The molecule has 4 heterocycles. The highest BCUT2D eigenvalue weighted by atomic mass is 32.1. The predicted molar refractivity (Wildman–Crippen MR) is 156 cm³/mol. The molecule has 1 atom stereocenters. The second-order valence-corrected chi connectivity index (χ2v) is 10.9. The summed E-state index contributed by atoms with van der Waals surface area (Å²) in [7, 11) is 3.16. The summed E-state index contributed by atoms with van der Waals surface area (Å²) in [6, 6.07) is 8.53. The lowest BCUT2D eigenvalue weighted by atomic mass is 9.93. The van der Waals surface area contributed by atoms with Crippen LogP contribution < -0.4 is 29.3 Å². The van der Waals surface area contributed by atoms with Crippen molar-refractivity contribution in [1.82, 2.24) is 9.47 Å². The van der Waals surface area contributed by atoms with Crippen LogP contribution in [-0.2, 0) is 4.79 Å². The summed E-state index contributed by atoms with van der Waals surface area (Å²) < 4.78 is 19.4. The van der Waals surface area contributed by atoms with Gasteiger partial charge in [0.15, 0.2) is 10.7 Å². The minimum atomic E-state index is -0.739. The Morgan fingerprint density at radius 2 is 1.88 bits per heavy atom. The molecule has 9 nitrogen and oxygen atoms in total. The van der Waals surface area contributed by atoms with E-state index in [1.54, 1.807) is 41.9 Å². The fraction of sp³-hybridized carbons (Fsp3) is 0.433. The largest absolute Gasteiger partial charge is 0.497 e. The van der Waals surface area contributed by atoms with E-state index >= 15 is 0 Å². The summed E-state index contributed by atoms with van der Waals surface area (Å²) >= 11 is 1.28. The molecule has 0 radical (unpaired) electrons. The third-order valence-electron chi connectivity index (χ3n) is 7.59. The average molecular weight is 565 g/mol. The number of hydrogen-bond acceptors (Lipinski definition) is 8. The Hall–Kier alpha value is -3.79. The van der Waals surface area contributed by atoms with Gasteiger partial charge in [0.05, 0.1) is 30.0 Å². The van der Waals surface area contributed by atoms with Crippen LogP contribution in [0.4, 0.5) is 5.88 Å². The standard InChI is InChI=1S/C30H36N4O5S/c1-6-32(7-2)29(36)26-19(3)31-30-34(27(26)22-17-20(37-4)11-13-23(22)38-5)28(35)24(40-30)18-21-12-14-25(39-21)33-15-9-8-10-16-33/h11-14,17-18,27H,6-10,15-16H2,1-5H3/b24-18+/t27-/m1/s1. The first kappa shape index (κ1) is 27.8. The number of benzene rings is 1. The third kappa shape index (κ3) is 5.08. The molecule has 2 aromatic heterocycles. The van der Waals surface area contributed by atoms with E-state index in [1.807, 2.05) is 39.0 Å². The van der Waals surface area contributed by atoms with Crippen molar-refractivity contribution in [2.75, 3.05) is 45.3 Å². The van der Waals surface area contributed by atoms with E-state index in [0.717, 1.165) is 31.8 Å². The molecule has 0 saturated carbocycles. The molecule has 1 fully saturated rings. The number of fused-ring (bicyclic) bond motifs is 1. The topological polar surface area (TPSA) is 89.5 Å². The van der Waals surface area contributed by atoms with Gasteiger partial charge in [-0.25, -0.2) is 4.99 Å². The maximum absolute atomic E-state index is 14.1. The monoisotopic (exact) mass is 564 g/mol. The summed E-state index contributed by atoms with van der Waals surface area (Å²) in [6.07, 6.45) is 5.30. The number of nitrogens with zero attached hydrogens (tertiary/aromatic N) is 4. The summed E-state index contributed by atoms with van der Waals surface area (Å²) in [5.41, 5.74) is 1.43. The third-order valence-corrected chi connectivity index (χ3v) is 8.57. The molecule has 1 amide bonds. The molecule has 3 aromatic rings. The van der Waals surface area contributed by atoms with E-state index in [-0.39, 0.29) is 11.5 Å². The van der Waals surface area contributed by atoms with E-state index in [1.165, 1.54) is 17.8 Å². The zero-order valence-electron chi connectivity index (χ0n) is 23.7. The molecular weight excluding hydrogens is 528 g/mol. The number of thiazole rings is 1. The Kier molecular flexibility index (Phi) is 8.16. The molecule has 212 valence electrons. The maximum Gasteiger partial charge on any atom is 0.271 e. The molecule has 10 heteroatoms. The Balaban J connectivity index is 1.68. The Labute approximate surface area is 237 Å². The van der Waals surface area contributed by atoms with Crippen LogP contribution >= 0.6 is 11.3 Å². The number of furan rings is 1. The summed E-state index contributed by atoms with van der Waals surface area (Å²) in [4.78, 5) is 37.2. The molecule has 2 aliphatic rings. The number of allylic oxidation sites excluding steroid dienone is 1. The van der Waals surface area contributed by atoms with Crippen LogP contribution in [0.5, 0.6) is 11.5 Å². The van der Waals surface area contributed by atoms with Crippen LogP contribution in [0.3, 0.4) is 0 Å². The van der Waals surface area contributed by atoms with Crippen molar-refractivity contribution in [3.63, 3.8) is 0 Å². The molecule has 0 N–H and O–H groups in total. The number of piperidine rings is 1. The zero-order valence-corrected chi connectivity index (χ0v) is 24.5. The lowest BCUT2D eigenvalue weighted by molar-refractivity contribution is -0.127. The number of ether oxygens (including phenoxy) is 2. The van der Waals surface area contributed by atoms with E-state index < -0.39 is 6.04 Å². The average Bonchev–Trinajstić information content (AvgIpc) is 3.57. The number of likely N-dealkylation sites (N-methyl/N-ethyl adjacent to an activating group) is 1. The van der Waals surface area contributed by atoms with Gasteiger partial charge in [-0.05, 0) is 64.3 Å². The molecule has 0 spiro atoms. The van der Waals surface area contributed by atoms with Gasteiger partial charge in [0.25, 0.3) is 11.5 Å². The minimum absolute atomic E-state index is 0.160. The highest BCUT2D eigenvalue weighted by molar-refractivity contribution is 7.07. The Bertz CT molecular complexity index is 1610. The number of anilines is 1. The molecular formula is C30H36N4O5S. The number of rotatable bonds is 8. The Morgan fingerprint density at radius 3 is 2.55 bits per heavy atom. The van der Waals surface area contributed by atoms with Gasteiger partial charge in [-0.3, -0.25) is 14.2 Å². The van der Waals surface area contributed by atoms with Crippen molar-refractivity contribution in [2.45, 2.75) is 46.1 Å². The molecule has 1 aromatic carbocycles.